The van der Waals surface area contributed by atoms with Gasteiger partial charge in [0.15, 0.2) is 0 Å². The number of rotatable bonds is 3. The predicted molar refractivity (Wildman–Crippen MR) is 86.8 cm³/mol. The third-order valence-electron chi connectivity index (χ3n) is 3.84. The molecule has 0 aliphatic heterocycles. The van der Waals surface area contributed by atoms with Crippen LogP contribution in [0.5, 0.6) is 0 Å². The molecule has 8 heteroatoms. The summed E-state index contributed by atoms with van der Waals surface area (Å²) in [5.74, 6) is -1.79. The van der Waals surface area contributed by atoms with Gasteiger partial charge < -0.3 is 9.47 Å². The molecule has 0 N–H and O–H groups in total. The monoisotopic (exact) mass is 367 g/mol. The van der Waals surface area contributed by atoms with Crippen molar-refractivity contribution < 1.29 is 32.2 Å². The Kier molecular flexibility index (Phi) is 5.34. The van der Waals surface area contributed by atoms with Crippen molar-refractivity contribution in [2.75, 3.05) is 14.2 Å². The lowest BCUT2D eigenvalue weighted by molar-refractivity contribution is -0.137. The third kappa shape index (κ3) is 3.40. The Hall–Kier alpha value is -2.90. The third-order valence-corrected chi connectivity index (χ3v) is 3.84. The van der Waals surface area contributed by atoms with Crippen molar-refractivity contribution in [1.29, 1.82) is 0 Å². The summed E-state index contributed by atoms with van der Waals surface area (Å²) in [5, 5.41) is 0. The average Bonchev–Trinajstić information content (AvgIpc) is 2.59. The smallest absolute Gasteiger partial charge is 0.417 e. The molecular weight excluding hydrogens is 351 g/mol. The minimum Gasteiger partial charge on any atom is -0.465 e. The summed E-state index contributed by atoms with van der Waals surface area (Å²) in [6.07, 6.45) is -4.69. The minimum atomic E-state index is -4.69. The van der Waals surface area contributed by atoms with Crippen LogP contribution in [0.1, 0.15) is 37.7 Å². The van der Waals surface area contributed by atoms with Gasteiger partial charge in [0.25, 0.3) is 0 Å². The Bertz CT molecular complexity index is 835. The number of carbonyl (C=O) groups excluding carboxylic acids is 2. The molecule has 0 saturated carbocycles. The van der Waals surface area contributed by atoms with E-state index in [0.717, 1.165) is 20.3 Å². The summed E-state index contributed by atoms with van der Waals surface area (Å²) in [4.78, 5) is 28.6. The lowest BCUT2D eigenvalue weighted by Crippen LogP contribution is -2.17. The highest BCUT2D eigenvalue weighted by atomic mass is 19.4. The maximum Gasteiger partial charge on any atom is 0.417 e. The van der Waals surface area contributed by atoms with Crippen LogP contribution in [0, 0.1) is 13.8 Å². The number of ether oxygens (including phenoxy) is 2. The molecule has 0 aliphatic rings. The lowest BCUT2D eigenvalue weighted by Gasteiger charge is -2.20. The Labute approximate surface area is 147 Å². The second kappa shape index (κ2) is 7.15. The number of carbonyl (C=O) groups is 2. The van der Waals surface area contributed by atoms with Gasteiger partial charge in [0, 0.05) is 5.56 Å². The first kappa shape index (κ1) is 19.4. The largest absolute Gasteiger partial charge is 0.465 e. The zero-order valence-electron chi connectivity index (χ0n) is 14.5. The second-order valence-electron chi connectivity index (χ2n) is 5.43. The van der Waals surface area contributed by atoms with Crippen molar-refractivity contribution in [3.8, 4) is 11.1 Å². The lowest BCUT2D eigenvalue weighted by atomic mass is 9.89. The summed E-state index contributed by atoms with van der Waals surface area (Å²) in [6.45, 7) is 2.92. The number of halogens is 3. The number of esters is 2. The van der Waals surface area contributed by atoms with Crippen LogP contribution in [0.3, 0.4) is 0 Å². The van der Waals surface area contributed by atoms with Gasteiger partial charge in [-0.2, -0.15) is 13.2 Å². The van der Waals surface area contributed by atoms with E-state index in [1.807, 2.05) is 0 Å². The molecule has 26 heavy (non-hydrogen) atoms. The first-order chi connectivity index (χ1) is 12.1. The van der Waals surface area contributed by atoms with E-state index in [4.69, 9.17) is 9.47 Å². The highest BCUT2D eigenvalue weighted by molar-refractivity contribution is 6.07. The predicted octanol–water partition coefficient (Wildman–Crippen LogP) is 3.96. The van der Waals surface area contributed by atoms with E-state index in [1.165, 1.54) is 32.0 Å². The van der Waals surface area contributed by atoms with Gasteiger partial charge in [-0.15, -0.1) is 0 Å². The molecule has 1 heterocycles. The highest BCUT2D eigenvalue weighted by Crippen LogP contribution is 2.41. The fourth-order valence-electron chi connectivity index (χ4n) is 2.77. The molecule has 1 aromatic heterocycles. The number of benzene rings is 1. The van der Waals surface area contributed by atoms with E-state index in [9.17, 15) is 22.8 Å². The molecule has 2 rings (SSSR count). The van der Waals surface area contributed by atoms with Crippen LogP contribution < -0.4 is 0 Å². The molecule has 0 unspecified atom stereocenters. The second-order valence-corrected chi connectivity index (χ2v) is 5.43. The van der Waals surface area contributed by atoms with E-state index in [2.05, 4.69) is 4.98 Å². The van der Waals surface area contributed by atoms with Crippen molar-refractivity contribution in [2.45, 2.75) is 20.0 Å². The summed E-state index contributed by atoms with van der Waals surface area (Å²) in [6, 6.07) is 4.68. The van der Waals surface area contributed by atoms with Crippen LogP contribution >= 0.6 is 0 Å². The zero-order valence-corrected chi connectivity index (χ0v) is 14.5. The van der Waals surface area contributed by atoms with Crippen molar-refractivity contribution in [3.63, 3.8) is 0 Å². The summed E-state index contributed by atoms with van der Waals surface area (Å²) in [7, 11) is 2.19. The SMILES string of the molecule is COC(=O)c1c(C)nc(C)c(C(=O)OC)c1-c1ccccc1C(F)(F)F. The number of methoxy groups -OCH3 is 2. The summed E-state index contributed by atoms with van der Waals surface area (Å²) in [5.41, 5.74) is -1.65. The molecular formula is C18H16F3NO4. The van der Waals surface area contributed by atoms with Crippen molar-refractivity contribution in [2.24, 2.45) is 0 Å². The molecule has 0 fully saturated rings. The number of hydrogen-bond donors (Lipinski definition) is 0. The Balaban J connectivity index is 3.04. The molecule has 138 valence electrons. The Morgan fingerprint density at radius 2 is 1.38 bits per heavy atom. The van der Waals surface area contributed by atoms with Gasteiger partial charge in [0.05, 0.1) is 42.3 Å². The van der Waals surface area contributed by atoms with Crippen molar-refractivity contribution in [1.82, 2.24) is 4.98 Å². The first-order valence-electron chi connectivity index (χ1n) is 7.47. The van der Waals surface area contributed by atoms with Crippen LogP contribution in [0.4, 0.5) is 13.2 Å². The van der Waals surface area contributed by atoms with Gasteiger partial charge in [-0.25, -0.2) is 9.59 Å². The number of aryl methyl sites for hydroxylation is 2. The maximum absolute atomic E-state index is 13.5. The number of aromatic nitrogens is 1. The topological polar surface area (TPSA) is 65.5 Å². The van der Waals surface area contributed by atoms with Crippen LogP contribution in [-0.2, 0) is 15.7 Å². The van der Waals surface area contributed by atoms with Gasteiger partial charge in [-0.1, -0.05) is 18.2 Å². The van der Waals surface area contributed by atoms with Gasteiger partial charge in [-0.3, -0.25) is 4.98 Å². The fourth-order valence-corrected chi connectivity index (χ4v) is 2.77. The van der Waals surface area contributed by atoms with Gasteiger partial charge in [0.1, 0.15) is 0 Å². The van der Waals surface area contributed by atoms with Crippen molar-refractivity contribution in [3.05, 3.63) is 52.3 Å². The molecule has 1 aromatic carbocycles. The van der Waals surface area contributed by atoms with Gasteiger partial charge >= 0.3 is 18.1 Å². The maximum atomic E-state index is 13.5. The fraction of sp³-hybridized carbons (Fsp3) is 0.278. The summed E-state index contributed by atoms with van der Waals surface area (Å²) < 4.78 is 50.0. The van der Waals surface area contributed by atoms with E-state index in [0.29, 0.717) is 0 Å². The number of hydrogen-bond acceptors (Lipinski definition) is 5. The quantitative estimate of drug-likeness (QED) is 0.769. The minimum absolute atomic E-state index is 0.147. The number of alkyl halides is 3. The number of pyridine rings is 1. The molecule has 2 aromatic rings. The molecule has 0 spiro atoms. The van der Waals surface area contributed by atoms with Gasteiger partial charge in [0.2, 0.25) is 0 Å². The Morgan fingerprint density at radius 1 is 0.923 bits per heavy atom. The van der Waals surface area contributed by atoms with Gasteiger partial charge in [-0.05, 0) is 25.5 Å². The van der Waals surface area contributed by atoms with Crippen LogP contribution in [0.2, 0.25) is 0 Å². The van der Waals surface area contributed by atoms with Crippen molar-refractivity contribution >= 4 is 11.9 Å². The standard InChI is InChI=1S/C18H16F3NO4/c1-9-13(16(23)25-3)15(14(10(2)22-9)17(24)26-4)11-7-5-6-8-12(11)18(19,20)21/h5-8H,1-4H3. The van der Waals surface area contributed by atoms with Crippen LogP contribution in [0.25, 0.3) is 11.1 Å². The zero-order chi connectivity index (χ0) is 19.6. The highest BCUT2D eigenvalue weighted by Gasteiger charge is 2.37. The van der Waals surface area contributed by atoms with E-state index < -0.39 is 23.7 Å². The van der Waals surface area contributed by atoms with Crippen LogP contribution in [-0.4, -0.2) is 31.1 Å². The molecule has 0 amide bonds. The average molecular weight is 367 g/mol. The molecule has 5 nitrogen and oxygen atoms in total. The molecule has 0 saturated heterocycles. The van der Waals surface area contributed by atoms with E-state index >= 15 is 0 Å². The normalized spacial score (nSPS) is 11.2. The number of nitrogens with zero attached hydrogens (tertiary/aromatic N) is 1. The van der Waals surface area contributed by atoms with E-state index in [-0.39, 0.29) is 33.6 Å². The first-order valence-corrected chi connectivity index (χ1v) is 7.47. The van der Waals surface area contributed by atoms with Crippen LogP contribution in [0.15, 0.2) is 24.3 Å². The molecule has 0 radical (unpaired) electrons. The van der Waals surface area contributed by atoms with E-state index in [1.54, 1.807) is 0 Å². The molecule has 0 bridgehead atoms. The molecule has 0 atom stereocenters. The summed E-state index contributed by atoms with van der Waals surface area (Å²) >= 11 is 0. The molecule has 0 aliphatic carbocycles. The Morgan fingerprint density at radius 3 is 1.81 bits per heavy atom.